The Morgan fingerprint density at radius 1 is 1.05 bits per heavy atom. The molecule has 1 aliphatic heterocycles. The van der Waals surface area contributed by atoms with E-state index in [9.17, 15) is 19.5 Å². The maximum atomic E-state index is 12.2. The summed E-state index contributed by atoms with van der Waals surface area (Å²) in [5.74, 6) is 0.430. The summed E-state index contributed by atoms with van der Waals surface area (Å²) >= 11 is 6.28. The Labute approximate surface area is 245 Å². The van der Waals surface area contributed by atoms with Gasteiger partial charge in [-0.3, -0.25) is 14.4 Å². The molecule has 12 heteroatoms. The Hall–Kier alpha value is -3.67. The minimum atomic E-state index is -0.593. The van der Waals surface area contributed by atoms with Crippen molar-refractivity contribution in [2.75, 3.05) is 32.8 Å². The number of carbonyl (C=O) groups excluding carboxylic acids is 3. The molecule has 0 fully saturated rings. The van der Waals surface area contributed by atoms with Gasteiger partial charge in [0.2, 0.25) is 11.8 Å². The van der Waals surface area contributed by atoms with Crippen LogP contribution in [0.1, 0.15) is 44.2 Å². The monoisotopic (exact) mass is 587 g/mol. The van der Waals surface area contributed by atoms with Crippen LogP contribution in [0.2, 0.25) is 5.02 Å². The topological polar surface area (TPSA) is 150 Å². The number of carbonyl (C=O) groups is 3. The number of aryl methyl sites for hydroxylation is 1. The molecule has 0 saturated carbocycles. The minimum Gasteiger partial charge on any atom is -0.491 e. The third-order valence-electron chi connectivity index (χ3n) is 6.07. The third-order valence-corrected chi connectivity index (χ3v) is 6.36. The van der Waals surface area contributed by atoms with Crippen LogP contribution in [-0.4, -0.2) is 73.5 Å². The summed E-state index contributed by atoms with van der Waals surface area (Å²) in [5, 5.41) is 22.9. The van der Waals surface area contributed by atoms with Gasteiger partial charge in [0.05, 0.1) is 10.7 Å². The van der Waals surface area contributed by atoms with E-state index < -0.39 is 6.10 Å². The van der Waals surface area contributed by atoms with Gasteiger partial charge < -0.3 is 30.5 Å². The number of ether oxygens (including phenoxy) is 2. The Balaban J connectivity index is 1.27. The predicted molar refractivity (Wildman–Crippen MR) is 156 cm³/mol. The van der Waals surface area contributed by atoms with Gasteiger partial charge in [0.15, 0.2) is 6.61 Å². The Morgan fingerprint density at radius 3 is 2.44 bits per heavy atom. The van der Waals surface area contributed by atoms with Gasteiger partial charge in [-0.1, -0.05) is 37.6 Å². The van der Waals surface area contributed by atoms with Crippen molar-refractivity contribution in [2.24, 2.45) is 5.10 Å². The first-order valence-corrected chi connectivity index (χ1v) is 14.0. The van der Waals surface area contributed by atoms with Crippen LogP contribution < -0.4 is 30.8 Å². The molecular weight excluding hydrogens is 550 g/mol. The smallest absolute Gasteiger partial charge is 0.258 e. The number of halogens is 1. The Morgan fingerprint density at radius 2 is 1.78 bits per heavy atom. The van der Waals surface area contributed by atoms with E-state index in [0.717, 1.165) is 16.8 Å². The summed E-state index contributed by atoms with van der Waals surface area (Å²) in [5.41, 5.74) is 4.94. The summed E-state index contributed by atoms with van der Waals surface area (Å²) in [7, 11) is 0. The third kappa shape index (κ3) is 11.8. The maximum Gasteiger partial charge on any atom is 0.258 e. The second-order valence-corrected chi connectivity index (χ2v) is 10.3. The summed E-state index contributed by atoms with van der Waals surface area (Å²) < 4.78 is 11.1. The van der Waals surface area contributed by atoms with Crippen LogP contribution in [0.4, 0.5) is 0 Å². The fraction of sp³-hybridized carbons (Fsp3) is 0.448. The molecule has 11 nitrogen and oxygen atoms in total. The molecule has 0 bridgehead atoms. The zero-order chi connectivity index (χ0) is 29.6. The summed E-state index contributed by atoms with van der Waals surface area (Å²) in [6.45, 7) is 5.02. The molecule has 2 aromatic rings. The van der Waals surface area contributed by atoms with Crippen molar-refractivity contribution in [3.8, 4) is 11.5 Å². The molecule has 0 radical (unpaired) electrons. The van der Waals surface area contributed by atoms with Gasteiger partial charge in [-0.05, 0) is 47.9 Å². The van der Waals surface area contributed by atoms with Gasteiger partial charge in [0.25, 0.3) is 5.91 Å². The number of amides is 3. The van der Waals surface area contributed by atoms with Crippen LogP contribution in [0.25, 0.3) is 0 Å². The van der Waals surface area contributed by atoms with Crippen molar-refractivity contribution < 1.29 is 29.0 Å². The van der Waals surface area contributed by atoms with Crippen molar-refractivity contribution in [3.05, 3.63) is 58.6 Å². The standard InChI is InChI=1S/C29H38ClN5O6/c1-19(2)33-16-22(36)17-40-23-7-3-20(4-8-23)5-11-27(37)31-13-14-32-29(39)18-41-26-10-6-21(15-24(26)30)25-9-12-28(38)35-34-25/h3-4,6-8,10,15,19,22,33,36H,5,9,11-14,16-18H2,1-2H3,(H,31,37)(H,32,39)(H,35,38)/t22-/m0/s1. The molecule has 41 heavy (non-hydrogen) atoms. The zero-order valence-electron chi connectivity index (χ0n) is 23.4. The second-order valence-electron chi connectivity index (χ2n) is 9.90. The number of hydrazone groups is 1. The first kappa shape index (κ1) is 31.9. The van der Waals surface area contributed by atoms with Crippen LogP contribution in [0.5, 0.6) is 11.5 Å². The number of aliphatic hydroxyl groups excluding tert-OH is 1. The number of nitrogens with one attached hydrogen (secondary N) is 4. The molecule has 0 unspecified atom stereocenters. The van der Waals surface area contributed by atoms with E-state index in [4.69, 9.17) is 21.1 Å². The average Bonchev–Trinajstić information content (AvgIpc) is 2.96. The molecule has 5 N–H and O–H groups in total. The highest BCUT2D eigenvalue weighted by molar-refractivity contribution is 6.32. The number of hydrogen-bond acceptors (Lipinski definition) is 8. The number of rotatable bonds is 16. The molecule has 0 aliphatic carbocycles. The fourth-order valence-electron chi connectivity index (χ4n) is 3.80. The van der Waals surface area contributed by atoms with Crippen LogP contribution in [0.15, 0.2) is 47.6 Å². The molecule has 1 aliphatic rings. The second kappa shape index (κ2) is 16.6. The van der Waals surface area contributed by atoms with Crippen LogP contribution in [0, 0.1) is 0 Å². The molecule has 0 aromatic heterocycles. The summed E-state index contributed by atoms with van der Waals surface area (Å²) in [4.78, 5) is 35.5. The number of nitrogens with zero attached hydrogens (tertiary/aromatic N) is 1. The number of hydrogen-bond donors (Lipinski definition) is 5. The lowest BCUT2D eigenvalue weighted by Crippen LogP contribution is -2.36. The van der Waals surface area contributed by atoms with Crippen molar-refractivity contribution >= 4 is 35.0 Å². The lowest BCUT2D eigenvalue weighted by atomic mass is 10.0. The average molecular weight is 588 g/mol. The lowest BCUT2D eigenvalue weighted by Gasteiger charge is -2.15. The molecule has 3 rings (SSSR count). The van der Waals surface area contributed by atoms with E-state index in [0.29, 0.717) is 61.3 Å². The number of aliphatic hydroxyl groups is 1. The largest absolute Gasteiger partial charge is 0.491 e. The molecule has 1 atom stereocenters. The SMILES string of the molecule is CC(C)NC[C@H](O)COc1ccc(CCC(=O)NCCNC(=O)COc2ccc(C3=NNC(=O)CC3)cc2Cl)cc1. The quantitative estimate of drug-likeness (QED) is 0.188. The van der Waals surface area contributed by atoms with Gasteiger partial charge in [-0.2, -0.15) is 5.10 Å². The molecule has 0 spiro atoms. The van der Waals surface area contributed by atoms with Gasteiger partial charge in [0, 0.05) is 44.9 Å². The maximum absolute atomic E-state index is 12.2. The first-order chi connectivity index (χ1) is 19.7. The van der Waals surface area contributed by atoms with Crippen LogP contribution in [-0.2, 0) is 20.8 Å². The van der Waals surface area contributed by atoms with E-state index in [2.05, 4.69) is 26.5 Å². The van der Waals surface area contributed by atoms with Gasteiger partial charge in [-0.15, -0.1) is 0 Å². The lowest BCUT2D eigenvalue weighted by molar-refractivity contribution is -0.124. The van der Waals surface area contributed by atoms with Gasteiger partial charge >= 0.3 is 0 Å². The molecule has 2 aromatic carbocycles. The highest BCUT2D eigenvalue weighted by Gasteiger charge is 2.15. The molecule has 222 valence electrons. The highest BCUT2D eigenvalue weighted by Crippen LogP contribution is 2.26. The van der Waals surface area contributed by atoms with E-state index in [-0.39, 0.29) is 37.5 Å². The summed E-state index contributed by atoms with van der Waals surface area (Å²) in [6, 6.07) is 12.8. The highest BCUT2D eigenvalue weighted by atomic mass is 35.5. The van der Waals surface area contributed by atoms with Gasteiger partial charge in [-0.25, -0.2) is 5.43 Å². The Kier molecular flexibility index (Phi) is 12.9. The van der Waals surface area contributed by atoms with Crippen molar-refractivity contribution in [1.29, 1.82) is 0 Å². The van der Waals surface area contributed by atoms with Crippen LogP contribution in [0.3, 0.4) is 0 Å². The molecule has 3 amide bonds. The van der Waals surface area contributed by atoms with E-state index in [1.54, 1.807) is 18.2 Å². The molecular formula is C29H38ClN5O6. The molecule has 1 heterocycles. The minimum absolute atomic E-state index is 0.120. The summed E-state index contributed by atoms with van der Waals surface area (Å²) in [6.07, 6.45) is 1.17. The van der Waals surface area contributed by atoms with Gasteiger partial charge in [0.1, 0.15) is 24.2 Å². The Bertz CT molecular complexity index is 1200. The first-order valence-electron chi connectivity index (χ1n) is 13.6. The van der Waals surface area contributed by atoms with E-state index in [1.807, 2.05) is 38.1 Å². The van der Waals surface area contributed by atoms with E-state index >= 15 is 0 Å². The normalized spacial score (nSPS) is 13.7. The zero-order valence-corrected chi connectivity index (χ0v) is 24.1. The van der Waals surface area contributed by atoms with E-state index in [1.165, 1.54) is 0 Å². The van der Waals surface area contributed by atoms with Crippen LogP contribution >= 0.6 is 11.6 Å². The fourth-order valence-corrected chi connectivity index (χ4v) is 4.03. The van der Waals surface area contributed by atoms with Crippen molar-refractivity contribution in [2.45, 2.75) is 51.7 Å². The van der Waals surface area contributed by atoms with Crippen molar-refractivity contribution in [3.63, 3.8) is 0 Å². The molecule has 0 saturated heterocycles. The van der Waals surface area contributed by atoms with Crippen molar-refractivity contribution in [1.82, 2.24) is 21.4 Å². The predicted octanol–water partition coefficient (Wildman–Crippen LogP) is 1.94. The number of benzene rings is 2.